The summed E-state index contributed by atoms with van der Waals surface area (Å²) >= 11 is 0. The van der Waals surface area contributed by atoms with Crippen LogP contribution < -0.4 is 5.32 Å². The fraction of sp³-hybridized carbons (Fsp3) is 0.471. The Morgan fingerprint density at radius 3 is 2.78 bits per heavy atom. The number of nitrogens with one attached hydrogen (secondary N) is 1. The smallest absolute Gasteiger partial charge is 0.335 e. The molecule has 3 rings (SSSR count). The number of benzene rings is 1. The van der Waals surface area contributed by atoms with Crippen molar-refractivity contribution >= 4 is 17.8 Å². The van der Waals surface area contributed by atoms with Gasteiger partial charge in [-0.2, -0.15) is 0 Å². The van der Waals surface area contributed by atoms with E-state index in [0.717, 1.165) is 12.1 Å². The van der Waals surface area contributed by atoms with Gasteiger partial charge in [-0.05, 0) is 36.5 Å². The van der Waals surface area contributed by atoms with Gasteiger partial charge in [-0.25, -0.2) is 4.79 Å². The second-order valence-electron chi connectivity index (χ2n) is 6.37. The highest BCUT2D eigenvalue weighted by molar-refractivity contribution is 5.89. The molecule has 2 amide bonds. The predicted molar refractivity (Wildman–Crippen MR) is 82.7 cm³/mol. The van der Waals surface area contributed by atoms with Crippen molar-refractivity contribution in [2.24, 2.45) is 11.8 Å². The topological polar surface area (TPSA) is 86.7 Å². The van der Waals surface area contributed by atoms with E-state index in [-0.39, 0.29) is 36.3 Å². The van der Waals surface area contributed by atoms with Gasteiger partial charge in [-0.1, -0.05) is 12.1 Å². The normalized spacial score (nSPS) is 20.6. The van der Waals surface area contributed by atoms with Gasteiger partial charge in [-0.15, -0.1) is 0 Å². The van der Waals surface area contributed by atoms with E-state index in [2.05, 4.69) is 5.32 Å². The van der Waals surface area contributed by atoms with Crippen LogP contribution in [-0.2, 0) is 16.1 Å². The summed E-state index contributed by atoms with van der Waals surface area (Å²) in [4.78, 5) is 36.9. The lowest BCUT2D eigenvalue weighted by atomic mass is 10.1. The van der Waals surface area contributed by atoms with Crippen molar-refractivity contribution in [2.75, 3.05) is 13.1 Å². The van der Waals surface area contributed by atoms with Gasteiger partial charge in [0.25, 0.3) is 0 Å². The van der Waals surface area contributed by atoms with Crippen LogP contribution in [0.2, 0.25) is 0 Å². The number of likely N-dealkylation sites (tertiary alicyclic amines) is 1. The molecule has 6 nitrogen and oxygen atoms in total. The molecule has 0 aromatic heterocycles. The van der Waals surface area contributed by atoms with Crippen molar-refractivity contribution in [2.45, 2.75) is 25.8 Å². The molecule has 122 valence electrons. The molecule has 1 atom stereocenters. The Bertz CT molecular complexity index is 639. The van der Waals surface area contributed by atoms with Crippen LogP contribution in [0.1, 0.15) is 35.2 Å². The molecule has 0 spiro atoms. The van der Waals surface area contributed by atoms with Crippen LogP contribution in [0.25, 0.3) is 0 Å². The van der Waals surface area contributed by atoms with Crippen LogP contribution in [0, 0.1) is 11.8 Å². The van der Waals surface area contributed by atoms with Crippen molar-refractivity contribution in [3.05, 3.63) is 35.4 Å². The minimum atomic E-state index is -0.990. The highest BCUT2D eigenvalue weighted by Crippen LogP contribution is 2.32. The quantitative estimate of drug-likeness (QED) is 0.827. The van der Waals surface area contributed by atoms with Crippen molar-refractivity contribution < 1.29 is 19.5 Å². The maximum Gasteiger partial charge on any atom is 0.335 e. The SMILES string of the molecule is O=C(O)c1cccc(CNC(=O)C2CC(=O)N(CC3CC3)C2)c1. The summed E-state index contributed by atoms with van der Waals surface area (Å²) in [6.07, 6.45) is 2.63. The number of aromatic carboxylic acids is 1. The number of carbonyl (C=O) groups excluding carboxylic acids is 2. The molecule has 0 radical (unpaired) electrons. The largest absolute Gasteiger partial charge is 0.478 e. The molecule has 0 bridgehead atoms. The number of hydrogen-bond acceptors (Lipinski definition) is 3. The van der Waals surface area contributed by atoms with Crippen molar-refractivity contribution in [1.29, 1.82) is 0 Å². The van der Waals surface area contributed by atoms with Gasteiger partial charge in [0, 0.05) is 26.1 Å². The lowest BCUT2D eigenvalue weighted by molar-refractivity contribution is -0.129. The molecule has 1 aromatic carbocycles. The van der Waals surface area contributed by atoms with E-state index in [0.29, 0.717) is 12.5 Å². The number of amides is 2. The minimum Gasteiger partial charge on any atom is -0.478 e. The second-order valence-corrected chi connectivity index (χ2v) is 6.37. The van der Waals surface area contributed by atoms with E-state index in [1.807, 2.05) is 0 Å². The van der Waals surface area contributed by atoms with Gasteiger partial charge < -0.3 is 15.3 Å². The Morgan fingerprint density at radius 2 is 2.09 bits per heavy atom. The third kappa shape index (κ3) is 3.88. The standard InChI is InChI=1S/C17H20N2O4/c20-15-7-14(10-19(15)9-11-4-5-11)16(21)18-8-12-2-1-3-13(6-12)17(22)23/h1-3,6,11,14H,4-5,7-10H2,(H,18,21)(H,22,23). The third-order valence-electron chi connectivity index (χ3n) is 4.40. The molecule has 2 N–H and O–H groups in total. The first-order chi connectivity index (χ1) is 11.0. The molecule has 2 fully saturated rings. The first-order valence-corrected chi connectivity index (χ1v) is 7.90. The fourth-order valence-corrected chi connectivity index (χ4v) is 2.88. The number of carbonyl (C=O) groups is 3. The molecule has 1 saturated heterocycles. The third-order valence-corrected chi connectivity index (χ3v) is 4.40. The molecule has 1 aliphatic heterocycles. The van der Waals surface area contributed by atoms with Crippen LogP contribution in [0.4, 0.5) is 0 Å². The predicted octanol–water partition coefficient (Wildman–Crippen LogP) is 1.26. The van der Waals surface area contributed by atoms with Gasteiger partial charge in [0.15, 0.2) is 0 Å². The highest BCUT2D eigenvalue weighted by atomic mass is 16.4. The van der Waals surface area contributed by atoms with Crippen LogP contribution >= 0.6 is 0 Å². The van der Waals surface area contributed by atoms with Gasteiger partial charge in [0.05, 0.1) is 11.5 Å². The summed E-state index contributed by atoms with van der Waals surface area (Å²) in [5, 5.41) is 11.8. The molecule has 1 unspecified atom stereocenters. The van der Waals surface area contributed by atoms with Crippen molar-refractivity contribution in [3.8, 4) is 0 Å². The Labute approximate surface area is 134 Å². The Balaban J connectivity index is 1.52. The van der Waals surface area contributed by atoms with Crippen LogP contribution in [-0.4, -0.2) is 40.9 Å². The number of carboxylic acid groups (broad SMARTS) is 1. The first-order valence-electron chi connectivity index (χ1n) is 7.90. The summed E-state index contributed by atoms with van der Waals surface area (Å²) < 4.78 is 0. The molecule has 23 heavy (non-hydrogen) atoms. The lowest BCUT2D eigenvalue weighted by Gasteiger charge is -2.16. The van der Waals surface area contributed by atoms with E-state index in [1.165, 1.54) is 18.9 Å². The van der Waals surface area contributed by atoms with Crippen molar-refractivity contribution in [3.63, 3.8) is 0 Å². The van der Waals surface area contributed by atoms with Gasteiger partial charge in [0.1, 0.15) is 0 Å². The van der Waals surface area contributed by atoms with Gasteiger partial charge >= 0.3 is 5.97 Å². The molecule has 2 aliphatic rings. The summed E-state index contributed by atoms with van der Waals surface area (Å²) in [5.41, 5.74) is 0.931. The average Bonchev–Trinajstić information content (AvgIpc) is 3.28. The zero-order valence-electron chi connectivity index (χ0n) is 12.8. The first kappa shape index (κ1) is 15.5. The van der Waals surface area contributed by atoms with Crippen LogP contribution in [0.3, 0.4) is 0 Å². The van der Waals surface area contributed by atoms with Crippen LogP contribution in [0.15, 0.2) is 24.3 Å². The maximum absolute atomic E-state index is 12.2. The number of carboxylic acids is 1. The summed E-state index contributed by atoms with van der Waals surface area (Å²) in [5.74, 6) is -0.749. The molecular formula is C17H20N2O4. The fourth-order valence-electron chi connectivity index (χ4n) is 2.88. The zero-order chi connectivity index (χ0) is 16.4. The van der Waals surface area contributed by atoms with Gasteiger partial charge in [0.2, 0.25) is 11.8 Å². The summed E-state index contributed by atoms with van der Waals surface area (Å²) in [7, 11) is 0. The van der Waals surface area contributed by atoms with E-state index in [1.54, 1.807) is 23.1 Å². The molecular weight excluding hydrogens is 296 g/mol. The maximum atomic E-state index is 12.2. The number of nitrogens with zero attached hydrogens (tertiary/aromatic N) is 1. The Hall–Kier alpha value is -2.37. The lowest BCUT2D eigenvalue weighted by Crippen LogP contribution is -2.33. The van der Waals surface area contributed by atoms with Crippen molar-refractivity contribution in [1.82, 2.24) is 10.2 Å². The zero-order valence-corrected chi connectivity index (χ0v) is 12.8. The number of hydrogen-bond donors (Lipinski definition) is 2. The van der Waals surface area contributed by atoms with Gasteiger partial charge in [-0.3, -0.25) is 9.59 Å². The van der Waals surface area contributed by atoms with E-state index >= 15 is 0 Å². The Morgan fingerprint density at radius 1 is 1.30 bits per heavy atom. The minimum absolute atomic E-state index is 0.0601. The summed E-state index contributed by atoms with van der Waals surface area (Å²) in [6, 6.07) is 6.48. The monoisotopic (exact) mass is 316 g/mol. The Kier molecular flexibility index (Phi) is 4.32. The summed E-state index contributed by atoms with van der Waals surface area (Å²) in [6.45, 7) is 1.55. The average molecular weight is 316 g/mol. The molecule has 1 heterocycles. The molecule has 1 aromatic rings. The molecule has 1 saturated carbocycles. The highest BCUT2D eigenvalue weighted by Gasteiger charge is 2.36. The van der Waals surface area contributed by atoms with E-state index in [9.17, 15) is 14.4 Å². The van der Waals surface area contributed by atoms with E-state index in [4.69, 9.17) is 5.11 Å². The molecule has 1 aliphatic carbocycles. The number of rotatable bonds is 6. The molecule has 6 heteroatoms. The second kappa shape index (κ2) is 6.40. The van der Waals surface area contributed by atoms with Crippen LogP contribution in [0.5, 0.6) is 0 Å². The van der Waals surface area contributed by atoms with E-state index < -0.39 is 5.97 Å².